The fourth-order valence-electron chi connectivity index (χ4n) is 1.53. The van der Waals surface area contributed by atoms with Crippen molar-refractivity contribution in [2.24, 2.45) is 20.5 Å². The van der Waals surface area contributed by atoms with E-state index in [1.165, 1.54) is 14.1 Å². The Morgan fingerprint density at radius 3 is 1.57 bits per heavy atom. The number of ether oxygens (including phenoxy) is 2. The van der Waals surface area contributed by atoms with Crippen molar-refractivity contribution in [3.63, 3.8) is 0 Å². The van der Waals surface area contributed by atoms with Gasteiger partial charge in [-0.2, -0.15) is 20.5 Å². The van der Waals surface area contributed by atoms with Gasteiger partial charge in [0.05, 0.1) is 6.67 Å². The van der Waals surface area contributed by atoms with Gasteiger partial charge in [-0.15, -0.1) is 0 Å². The molecule has 0 radical (unpaired) electrons. The molecule has 23 heavy (non-hydrogen) atoms. The lowest BCUT2D eigenvalue weighted by Gasteiger charge is -2.24. The molecule has 0 unspecified atom stereocenters. The largest absolute Gasteiger partial charge is 0.463 e. The Morgan fingerprint density at radius 1 is 0.826 bits per heavy atom. The molecule has 132 valence electrons. The second-order valence-electron chi connectivity index (χ2n) is 4.74. The summed E-state index contributed by atoms with van der Waals surface area (Å²) in [5.41, 5.74) is 0. The summed E-state index contributed by atoms with van der Waals surface area (Å²) in [5, 5.41) is 14.1. The summed E-state index contributed by atoms with van der Waals surface area (Å²) < 4.78 is 10.0. The summed E-state index contributed by atoms with van der Waals surface area (Å²) in [6.45, 7) is 2.31. The van der Waals surface area contributed by atoms with Crippen molar-refractivity contribution in [2.75, 3.05) is 74.3 Å². The van der Waals surface area contributed by atoms with E-state index in [0.29, 0.717) is 33.0 Å². The van der Waals surface area contributed by atoms with Crippen LogP contribution in [0.1, 0.15) is 0 Å². The van der Waals surface area contributed by atoms with Crippen LogP contribution in [0.5, 0.6) is 0 Å². The molecular weight excluding hydrogens is 304 g/mol. The Bertz CT molecular complexity index is 366. The lowest BCUT2D eigenvalue weighted by molar-refractivity contribution is -0.142. The van der Waals surface area contributed by atoms with E-state index < -0.39 is 11.9 Å². The third kappa shape index (κ3) is 13.4. The normalized spacial score (nSPS) is 11.7. The third-order valence-corrected chi connectivity index (χ3v) is 2.64. The first-order chi connectivity index (χ1) is 11.0. The smallest absolute Gasteiger partial charge is 0.329 e. The number of likely N-dealkylation sites (N-methyl/N-ethyl adjacent to an activating group) is 2. The van der Waals surface area contributed by atoms with Gasteiger partial charge in [0.15, 0.2) is 13.1 Å². The molecule has 0 aliphatic rings. The van der Waals surface area contributed by atoms with Crippen LogP contribution in [0, 0.1) is 0 Å². The molecule has 0 amide bonds. The van der Waals surface area contributed by atoms with Crippen LogP contribution >= 0.6 is 0 Å². The first-order valence-electron chi connectivity index (χ1n) is 7.19. The molecule has 0 N–H and O–H groups in total. The van der Waals surface area contributed by atoms with Gasteiger partial charge in [0.1, 0.15) is 13.2 Å². The summed E-state index contributed by atoms with van der Waals surface area (Å²) in [4.78, 5) is 26.4. The fraction of sp³-hybridized carbons (Fsp3) is 0.846. The summed E-state index contributed by atoms with van der Waals surface area (Å²) >= 11 is 0. The average Bonchev–Trinajstić information content (AvgIpc) is 2.50. The number of hydrogen-bond acceptors (Lipinski definition) is 10. The number of hydrogen-bond donors (Lipinski definition) is 0. The minimum Gasteiger partial charge on any atom is -0.463 e. The predicted octanol–water partition coefficient (Wildman–Crippen LogP) is 0.0579. The molecule has 0 saturated heterocycles. The number of carbonyl (C=O) groups excluding carboxylic acids is 2. The Morgan fingerprint density at radius 2 is 1.22 bits per heavy atom. The van der Waals surface area contributed by atoms with E-state index in [4.69, 9.17) is 9.47 Å². The molecule has 0 fully saturated rings. The van der Waals surface area contributed by atoms with Crippen molar-refractivity contribution in [2.45, 2.75) is 0 Å². The Kier molecular flexibility index (Phi) is 12.5. The standard InChI is InChI=1S/C13H26N6O4/c1-14-16-9-12(20)22-7-5-18(3)11-19(4)6-8-23-13(21)10-17-15-2/h5-11H2,1-4H3. The van der Waals surface area contributed by atoms with Crippen LogP contribution in [0.25, 0.3) is 0 Å². The lowest BCUT2D eigenvalue weighted by atomic mass is 10.5. The van der Waals surface area contributed by atoms with Crippen molar-refractivity contribution in [3.8, 4) is 0 Å². The summed E-state index contributed by atoms with van der Waals surface area (Å²) in [5.74, 6) is -0.790. The number of carbonyl (C=O) groups is 2. The first-order valence-corrected chi connectivity index (χ1v) is 7.19. The van der Waals surface area contributed by atoms with E-state index in [1.807, 2.05) is 23.9 Å². The molecule has 0 bridgehead atoms. The number of nitrogens with zero attached hydrogens (tertiary/aromatic N) is 6. The van der Waals surface area contributed by atoms with Crippen LogP contribution in [0.15, 0.2) is 20.5 Å². The second kappa shape index (κ2) is 13.7. The topological polar surface area (TPSA) is 109 Å². The van der Waals surface area contributed by atoms with Crippen molar-refractivity contribution < 1.29 is 19.1 Å². The van der Waals surface area contributed by atoms with Gasteiger partial charge >= 0.3 is 11.9 Å². The molecule has 0 aliphatic carbocycles. The molecule has 0 atom stereocenters. The maximum Gasteiger partial charge on any atom is 0.329 e. The maximum atomic E-state index is 11.2. The highest BCUT2D eigenvalue weighted by Gasteiger charge is 2.07. The minimum atomic E-state index is -0.395. The number of azo groups is 2. The average molecular weight is 330 g/mol. The molecule has 0 aromatic carbocycles. The van der Waals surface area contributed by atoms with E-state index in [-0.39, 0.29) is 13.1 Å². The quantitative estimate of drug-likeness (QED) is 0.284. The van der Waals surface area contributed by atoms with Gasteiger partial charge in [-0.1, -0.05) is 0 Å². The fourth-order valence-corrected chi connectivity index (χ4v) is 1.53. The van der Waals surface area contributed by atoms with Gasteiger partial charge in [0.2, 0.25) is 0 Å². The molecule has 10 nitrogen and oxygen atoms in total. The van der Waals surface area contributed by atoms with Crippen molar-refractivity contribution in [1.29, 1.82) is 0 Å². The lowest BCUT2D eigenvalue weighted by Crippen LogP contribution is -2.37. The Labute approximate surface area is 136 Å². The maximum absolute atomic E-state index is 11.2. The molecule has 0 aromatic heterocycles. The van der Waals surface area contributed by atoms with E-state index in [0.717, 1.165) is 0 Å². The van der Waals surface area contributed by atoms with Gasteiger partial charge in [0, 0.05) is 27.2 Å². The van der Waals surface area contributed by atoms with E-state index in [1.54, 1.807) is 0 Å². The molecule has 10 heteroatoms. The second-order valence-corrected chi connectivity index (χ2v) is 4.74. The highest BCUT2D eigenvalue weighted by atomic mass is 16.5. The number of esters is 2. The van der Waals surface area contributed by atoms with Gasteiger partial charge < -0.3 is 9.47 Å². The molecule has 0 heterocycles. The van der Waals surface area contributed by atoms with E-state index in [2.05, 4.69) is 20.5 Å². The summed E-state index contributed by atoms with van der Waals surface area (Å²) in [6, 6.07) is 0. The SMILES string of the molecule is CN=NCC(=O)OCCN(C)CN(C)CCOC(=O)CN=NC. The van der Waals surface area contributed by atoms with E-state index >= 15 is 0 Å². The molecule has 0 saturated carbocycles. The molecule has 0 aromatic rings. The summed E-state index contributed by atoms with van der Waals surface area (Å²) in [6.07, 6.45) is 0. The van der Waals surface area contributed by atoms with Gasteiger partial charge in [-0.3, -0.25) is 9.80 Å². The van der Waals surface area contributed by atoms with Crippen molar-refractivity contribution >= 4 is 11.9 Å². The predicted molar refractivity (Wildman–Crippen MR) is 83.3 cm³/mol. The molecule has 0 rings (SSSR count). The highest BCUT2D eigenvalue weighted by molar-refractivity contribution is 5.71. The van der Waals surface area contributed by atoms with Gasteiger partial charge in [0.25, 0.3) is 0 Å². The highest BCUT2D eigenvalue weighted by Crippen LogP contribution is 1.91. The van der Waals surface area contributed by atoms with Crippen LogP contribution < -0.4 is 0 Å². The Balaban J connectivity index is 3.70. The van der Waals surface area contributed by atoms with Crippen LogP contribution in [-0.4, -0.2) is 96.0 Å². The zero-order valence-electron chi connectivity index (χ0n) is 14.3. The third-order valence-electron chi connectivity index (χ3n) is 2.64. The monoisotopic (exact) mass is 330 g/mol. The van der Waals surface area contributed by atoms with Crippen molar-refractivity contribution in [3.05, 3.63) is 0 Å². The van der Waals surface area contributed by atoms with E-state index in [9.17, 15) is 9.59 Å². The van der Waals surface area contributed by atoms with Crippen LogP contribution in [-0.2, 0) is 19.1 Å². The van der Waals surface area contributed by atoms with Gasteiger partial charge in [-0.05, 0) is 14.1 Å². The van der Waals surface area contributed by atoms with Gasteiger partial charge in [-0.25, -0.2) is 9.59 Å². The van der Waals surface area contributed by atoms with Crippen molar-refractivity contribution in [1.82, 2.24) is 9.80 Å². The minimum absolute atomic E-state index is 0.0525. The van der Waals surface area contributed by atoms with Crippen LogP contribution in [0.2, 0.25) is 0 Å². The Hall–Kier alpha value is -1.94. The molecule has 0 aliphatic heterocycles. The molecule has 0 spiro atoms. The zero-order chi connectivity index (χ0) is 17.5. The summed E-state index contributed by atoms with van der Waals surface area (Å²) in [7, 11) is 6.82. The molecular formula is C13H26N6O4. The van der Waals surface area contributed by atoms with Crippen LogP contribution in [0.3, 0.4) is 0 Å². The van der Waals surface area contributed by atoms with Crippen LogP contribution in [0.4, 0.5) is 0 Å². The zero-order valence-corrected chi connectivity index (χ0v) is 14.3. The first kappa shape index (κ1) is 21.1. The number of rotatable bonds is 12.